The quantitative estimate of drug-likeness (QED) is 0.264. The van der Waals surface area contributed by atoms with E-state index in [0.717, 1.165) is 6.42 Å². The molecule has 5 rings (SSSR count). The molecule has 2 aliphatic carbocycles. The highest BCUT2D eigenvalue weighted by Gasteiger charge is 2.66. The number of fused-ring (bicyclic) bond motifs is 5. The molecule has 3 fully saturated rings. The van der Waals surface area contributed by atoms with Crippen molar-refractivity contribution >= 4 is 55.3 Å². The second-order valence-corrected chi connectivity index (χ2v) is 9.88. The second kappa shape index (κ2) is 7.06. The van der Waals surface area contributed by atoms with E-state index in [2.05, 4.69) is 31.9 Å². The minimum atomic E-state index is -0.454. The maximum absolute atomic E-state index is 13.1. The summed E-state index contributed by atoms with van der Waals surface area (Å²) in [6.07, 6.45) is 0.904. The number of benzene rings is 2. The van der Waals surface area contributed by atoms with Crippen LogP contribution >= 0.6 is 31.9 Å². The van der Waals surface area contributed by atoms with Gasteiger partial charge in [0.15, 0.2) is 0 Å². The Morgan fingerprint density at radius 3 is 1.97 bits per heavy atom. The molecule has 2 saturated carbocycles. The zero-order chi connectivity index (χ0) is 20.3. The minimum absolute atomic E-state index is 0.120. The van der Waals surface area contributed by atoms with Crippen molar-refractivity contribution in [2.24, 2.45) is 23.7 Å². The Labute approximate surface area is 184 Å². The van der Waals surface area contributed by atoms with Gasteiger partial charge in [0, 0.05) is 9.65 Å². The number of hydrogen-bond acceptors (Lipinski definition) is 4. The first-order chi connectivity index (χ1) is 14.0. The molecule has 3 aliphatic rings. The Morgan fingerprint density at radius 2 is 1.41 bits per heavy atom. The van der Waals surface area contributed by atoms with Crippen LogP contribution in [0.2, 0.25) is 0 Å². The zero-order valence-electron chi connectivity index (χ0n) is 15.2. The number of ether oxygens (including phenoxy) is 1. The molecular formula is C22H17Br2NO4. The molecular weight excluding hydrogens is 502 g/mol. The topological polar surface area (TPSA) is 63.7 Å². The molecule has 2 amide bonds. The van der Waals surface area contributed by atoms with Gasteiger partial charge in [-0.1, -0.05) is 50.1 Å². The van der Waals surface area contributed by atoms with Crippen molar-refractivity contribution in [1.29, 1.82) is 0 Å². The Bertz CT molecular complexity index is 962. The van der Waals surface area contributed by atoms with Gasteiger partial charge in [0.2, 0.25) is 11.8 Å². The monoisotopic (exact) mass is 517 g/mol. The second-order valence-electron chi connectivity index (χ2n) is 7.77. The lowest BCUT2D eigenvalue weighted by atomic mass is 9.81. The Balaban J connectivity index is 1.35. The van der Waals surface area contributed by atoms with Crippen molar-refractivity contribution in [2.45, 2.75) is 16.1 Å². The molecule has 0 radical (unpaired) electrons. The number of hydrogen-bond donors (Lipinski definition) is 0. The first-order valence-corrected chi connectivity index (χ1v) is 11.3. The Kier molecular flexibility index (Phi) is 4.62. The summed E-state index contributed by atoms with van der Waals surface area (Å²) < 4.78 is 5.38. The van der Waals surface area contributed by atoms with Gasteiger partial charge in [0.25, 0.3) is 0 Å². The number of rotatable bonds is 3. The molecule has 2 aromatic rings. The number of imide groups is 1. The molecule has 6 unspecified atom stereocenters. The summed E-state index contributed by atoms with van der Waals surface area (Å²) in [6.45, 7) is 0. The van der Waals surface area contributed by atoms with Crippen LogP contribution in [0.15, 0.2) is 54.6 Å². The van der Waals surface area contributed by atoms with E-state index in [9.17, 15) is 14.4 Å². The lowest BCUT2D eigenvalue weighted by Crippen LogP contribution is -2.37. The molecule has 5 nitrogen and oxygen atoms in total. The lowest BCUT2D eigenvalue weighted by molar-refractivity contribution is -0.123. The number of anilines is 1. The van der Waals surface area contributed by atoms with Crippen molar-refractivity contribution in [3.8, 4) is 5.75 Å². The first kappa shape index (κ1) is 19.0. The molecule has 7 heteroatoms. The van der Waals surface area contributed by atoms with Gasteiger partial charge in [-0.3, -0.25) is 14.5 Å². The van der Waals surface area contributed by atoms with E-state index < -0.39 is 5.97 Å². The van der Waals surface area contributed by atoms with Crippen molar-refractivity contribution in [2.75, 3.05) is 4.90 Å². The van der Waals surface area contributed by atoms with Gasteiger partial charge in [-0.15, -0.1) is 0 Å². The minimum Gasteiger partial charge on any atom is -0.423 e. The molecule has 29 heavy (non-hydrogen) atoms. The third-order valence-corrected chi connectivity index (χ3v) is 9.51. The number of carbonyl (C=O) groups is 3. The van der Waals surface area contributed by atoms with Gasteiger partial charge >= 0.3 is 5.97 Å². The van der Waals surface area contributed by atoms with Crippen molar-refractivity contribution < 1.29 is 19.1 Å². The predicted octanol–water partition coefficient (Wildman–Crippen LogP) is 4.19. The summed E-state index contributed by atoms with van der Waals surface area (Å²) in [5.74, 6) is -0.463. The maximum atomic E-state index is 13.1. The van der Waals surface area contributed by atoms with Crippen LogP contribution in [0, 0.1) is 23.7 Å². The van der Waals surface area contributed by atoms with Crippen LogP contribution in [0.25, 0.3) is 0 Å². The number of amides is 2. The average molecular weight is 519 g/mol. The first-order valence-electron chi connectivity index (χ1n) is 9.50. The van der Waals surface area contributed by atoms with Gasteiger partial charge in [-0.2, -0.15) is 0 Å². The molecule has 6 atom stereocenters. The van der Waals surface area contributed by atoms with E-state index in [0.29, 0.717) is 17.0 Å². The van der Waals surface area contributed by atoms with Gasteiger partial charge in [0.05, 0.1) is 23.1 Å². The summed E-state index contributed by atoms with van der Waals surface area (Å²) >= 11 is 7.39. The normalized spacial score (nSPS) is 32.6. The van der Waals surface area contributed by atoms with Gasteiger partial charge in [-0.25, -0.2) is 4.79 Å². The molecule has 0 spiro atoms. The van der Waals surface area contributed by atoms with Crippen molar-refractivity contribution in [3.05, 3.63) is 60.2 Å². The SMILES string of the molecule is O=C(Oc1ccc(N2C(=O)C3C4CC(C(Br)C4Br)C3C2=O)cc1)c1ccccc1. The number of alkyl halides is 2. The molecule has 2 aromatic carbocycles. The fourth-order valence-corrected chi connectivity index (χ4v) is 6.88. The fraction of sp³-hybridized carbons (Fsp3) is 0.318. The van der Waals surface area contributed by atoms with Crippen LogP contribution < -0.4 is 9.64 Å². The summed E-state index contributed by atoms with van der Waals surface area (Å²) in [6, 6.07) is 15.3. The van der Waals surface area contributed by atoms with Gasteiger partial charge in [-0.05, 0) is 54.7 Å². The highest BCUT2D eigenvalue weighted by molar-refractivity contribution is 9.12. The van der Waals surface area contributed by atoms with Gasteiger partial charge < -0.3 is 4.74 Å². The Morgan fingerprint density at radius 1 is 0.862 bits per heavy atom. The number of carbonyl (C=O) groups excluding carboxylic acids is 3. The van der Waals surface area contributed by atoms with Crippen LogP contribution in [0.1, 0.15) is 16.8 Å². The van der Waals surface area contributed by atoms with E-state index in [4.69, 9.17) is 4.74 Å². The molecule has 1 saturated heterocycles. The summed E-state index contributed by atoms with van der Waals surface area (Å²) in [5.41, 5.74) is 0.976. The molecule has 1 aliphatic heterocycles. The van der Waals surface area contributed by atoms with E-state index in [1.165, 1.54) is 4.90 Å². The average Bonchev–Trinajstić information content (AvgIpc) is 3.34. The smallest absolute Gasteiger partial charge is 0.343 e. The highest BCUT2D eigenvalue weighted by atomic mass is 79.9. The van der Waals surface area contributed by atoms with Crippen LogP contribution in [0.5, 0.6) is 5.75 Å². The van der Waals surface area contributed by atoms with E-state index in [1.54, 1.807) is 48.5 Å². The van der Waals surface area contributed by atoms with Crippen LogP contribution in [-0.2, 0) is 9.59 Å². The van der Waals surface area contributed by atoms with Crippen LogP contribution in [0.4, 0.5) is 5.69 Å². The van der Waals surface area contributed by atoms with Gasteiger partial charge in [0.1, 0.15) is 5.75 Å². The molecule has 0 N–H and O–H groups in total. The van der Waals surface area contributed by atoms with E-state index in [1.807, 2.05) is 6.07 Å². The van der Waals surface area contributed by atoms with Crippen molar-refractivity contribution in [3.63, 3.8) is 0 Å². The highest BCUT2D eigenvalue weighted by Crippen LogP contribution is 2.60. The zero-order valence-corrected chi connectivity index (χ0v) is 18.4. The Hall–Kier alpha value is -1.99. The summed E-state index contributed by atoms with van der Waals surface area (Å²) in [5, 5.41) is 0. The maximum Gasteiger partial charge on any atom is 0.343 e. The standard InChI is InChI=1S/C22H17Br2NO4/c23-18-14-10-15(19(18)24)17-16(14)20(26)25(21(17)27)12-6-8-13(9-7-12)29-22(28)11-4-2-1-3-5-11/h1-9,14-19H,10H2. The van der Waals surface area contributed by atoms with E-state index in [-0.39, 0.29) is 45.1 Å². The predicted molar refractivity (Wildman–Crippen MR) is 114 cm³/mol. The number of esters is 1. The third kappa shape index (κ3) is 2.89. The van der Waals surface area contributed by atoms with E-state index >= 15 is 0 Å². The lowest BCUT2D eigenvalue weighted by Gasteiger charge is -2.28. The molecule has 2 bridgehead atoms. The molecule has 148 valence electrons. The summed E-state index contributed by atoms with van der Waals surface area (Å²) in [7, 11) is 0. The number of halogens is 2. The third-order valence-electron chi connectivity index (χ3n) is 6.30. The van der Waals surface area contributed by atoms with Crippen LogP contribution in [-0.4, -0.2) is 27.4 Å². The number of nitrogens with zero attached hydrogens (tertiary/aromatic N) is 1. The van der Waals surface area contributed by atoms with Crippen LogP contribution in [0.3, 0.4) is 0 Å². The summed E-state index contributed by atoms with van der Waals surface area (Å²) in [4.78, 5) is 40.1. The largest absolute Gasteiger partial charge is 0.423 e. The fourth-order valence-electron chi connectivity index (χ4n) is 5.01. The molecule has 0 aromatic heterocycles. The molecule has 1 heterocycles. The van der Waals surface area contributed by atoms with Crippen molar-refractivity contribution in [1.82, 2.24) is 0 Å².